The van der Waals surface area contributed by atoms with Crippen LogP contribution in [0.15, 0.2) is 18.2 Å². The molecule has 19 heavy (non-hydrogen) atoms. The van der Waals surface area contributed by atoms with Crippen LogP contribution in [0.25, 0.3) is 0 Å². The zero-order valence-corrected chi connectivity index (χ0v) is 12.6. The summed E-state index contributed by atoms with van der Waals surface area (Å²) in [7, 11) is 0. The van der Waals surface area contributed by atoms with Gasteiger partial charge in [-0.3, -0.25) is 0 Å². The Morgan fingerprint density at radius 2 is 1.74 bits per heavy atom. The van der Waals surface area contributed by atoms with Gasteiger partial charge >= 0.3 is 0 Å². The van der Waals surface area contributed by atoms with E-state index in [9.17, 15) is 0 Å². The van der Waals surface area contributed by atoms with Gasteiger partial charge in [0.2, 0.25) is 0 Å². The average molecular weight is 302 g/mol. The predicted molar refractivity (Wildman–Crippen MR) is 81.0 cm³/mol. The Kier molecular flexibility index (Phi) is 6.45. The third-order valence-corrected chi connectivity index (χ3v) is 3.87. The normalized spacial score (nSPS) is 16.7. The molecule has 1 aliphatic rings. The standard InChI is InChI=1S/C15H21Cl2NO/c16-13-8-12(9-14(17)10-13)11-18-6-7-19-15-4-2-1-3-5-15/h8-10,15,18H,1-7,11H2. The second-order valence-corrected chi connectivity index (χ2v) is 5.96. The average Bonchev–Trinajstić information content (AvgIpc) is 2.38. The van der Waals surface area contributed by atoms with Crippen molar-refractivity contribution in [3.8, 4) is 0 Å². The van der Waals surface area contributed by atoms with Crippen molar-refractivity contribution in [2.24, 2.45) is 0 Å². The Hall–Kier alpha value is -0.280. The second kappa shape index (κ2) is 8.11. The Balaban J connectivity index is 1.60. The number of nitrogens with one attached hydrogen (secondary N) is 1. The van der Waals surface area contributed by atoms with E-state index in [2.05, 4.69) is 5.32 Å². The fourth-order valence-corrected chi connectivity index (χ4v) is 3.05. The van der Waals surface area contributed by atoms with Crippen molar-refractivity contribution < 1.29 is 4.74 Å². The minimum absolute atomic E-state index is 0.483. The van der Waals surface area contributed by atoms with Crippen LogP contribution in [0.5, 0.6) is 0 Å². The number of halogens is 2. The summed E-state index contributed by atoms with van der Waals surface area (Å²) >= 11 is 11.9. The van der Waals surface area contributed by atoms with Crippen LogP contribution in [0.4, 0.5) is 0 Å². The molecule has 106 valence electrons. The first kappa shape index (κ1) is 15.1. The molecule has 0 aromatic heterocycles. The maximum Gasteiger partial charge on any atom is 0.0594 e. The topological polar surface area (TPSA) is 21.3 Å². The minimum Gasteiger partial charge on any atom is -0.377 e. The lowest BCUT2D eigenvalue weighted by Gasteiger charge is -2.22. The van der Waals surface area contributed by atoms with Crippen LogP contribution in [-0.4, -0.2) is 19.3 Å². The van der Waals surface area contributed by atoms with Gasteiger partial charge in [-0.25, -0.2) is 0 Å². The number of rotatable bonds is 6. The zero-order valence-electron chi connectivity index (χ0n) is 11.1. The van der Waals surface area contributed by atoms with E-state index in [0.717, 1.165) is 25.3 Å². The van der Waals surface area contributed by atoms with Gasteiger partial charge in [0.1, 0.15) is 0 Å². The Morgan fingerprint density at radius 3 is 2.42 bits per heavy atom. The molecular formula is C15H21Cl2NO. The maximum atomic E-state index is 5.95. The molecule has 1 fully saturated rings. The molecule has 1 saturated carbocycles. The molecule has 0 spiro atoms. The van der Waals surface area contributed by atoms with Crippen LogP contribution in [0, 0.1) is 0 Å². The largest absolute Gasteiger partial charge is 0.377 e. The van der Waals surface area contributed by atoms with Crippen molar-refractivity contribution in [2.45, 2.75) is 44.8 Å². The van der Waals surface area contributed by atoms with Crippen LogP contribution in [0.1, 0.15) is 37.7 Å². The van der Waals surface area contributed by atoms with E-state index < -0.39 is 0 Å². The summed E-state index contributed by atoms with van der Waals surface area (Å²) in [4.78, 5) is 0. The third kappa shape index (κ3) is 5.70. The van der Waals surface area contributed by atoms with E-state index in [0.29, 0.717) is 16.1 Å². The zero-order chi connectivity index (χ0) is 13.5. The van der Waals surface area contributed by atoms with Gasteiger partial charge in [0, 0.05) is 23.1 Å². The van der Waals surface area contributed by atoms with E-state index in [1.807, 2.05) is 12.1 Å². The molecule has 0 amide bonds. The monoisotopic (exact) mass is 301 g/mol. The fraction of sp³-hybridized carbons (Fsp3) is 0.600. The quantitative estimate of drug-likeness (QED) is 0.785. The summed E-state index contributed by atoms with van der Waals surface area (Å²) in [5, 5.41) is 4.72. The summed E-state index contributed by atoms with van der Waals surface area (Å²) in [6, 6.07) is 5.61. The van der Waals surface area contributed by atoms with E-state index in [1.165, 1.54) is 32.1 Å². The summed E-state index contributed by atoms with van der Waals surface area (Å²) in [6.07, 6.45) is 6.94. The third-order valence-electron chi connectivity index (χ3n) is 3.44. The molecule has 4 heteroatoms. The van der Waals surface area contributed by atoms with E-state index >= 15 is 0 Å². The molecule has 2 rings (SSSR count). The highest BCUT2D eigenvalue weighted by molar-refractivity contribution is 6.34. The first-order chi connectivity index (χ1) is 9.24. The molecule has 0 atom stereocenters. The van der Waals surface area contributed by atoms with Gasteiger partial charge in [-0.05, 0) is 36.6 Å². The fourth-order valence-electron chi connectivity index (χ4n) is 2.48. The van der Waals surface area contributed by atoms with Crippen molar-refractivity contribution >= 4 is 23.2 Å². The molecule has 0 saturated heterocycles. The van der Waals surface area contributed by atoms with Crippen LogP contribution < -0.4 is 5.32 Å². The lowest BCUT2D eigenvalue weighted by Crippen LogP contribution is -2.24. The molecule has 0 bridgehead atoms. The highest BCUT2D eigenvalue weighted by atomic mass is 35.5. The van der Waals surface area contributed by atoms with E-state index in [-0.39, 0.29) is 0 Å². The second-order valence-electron chi connectivity index (χ2n) is 5.09. The van der Waals surface area contributed by atoms with Gasteiger partial charge in [-0.2, -0.15) is 0 Å². The van der Waals surface area contributed by atoms with Crippen LogP contribution >= 0.6 is 23.2 Å². The molecule has 1 aromatic rings. The number of benzene rings is 1. The molecular weight excluding hydrogens is 281 g/mol. The van der Waals surface area contributed by atoms with Crippen molar-refractivity contribution in [3.05, 3.63) is 33.8 Å². The molecule has 1 aliphatic carbocycles. The summed E-state index contributed by atoms with van der Waals surface area (Å²) < 4.78 is 5.85. The van der Waals surface area contributed by atoms with Gasteiger partial charge in [-0.15, -0.1) is 0 Å². The number of ether oxygens (including phenoxy) is 1. The van der Waals surface area contributed by atoms with Gasteiger partial charge in [0.05, 0.1) is 12.7 Å². The minimum atomic E-state index is 0.483. The smallest absolute Gasteiger partial charge is 0.0594 e. The van der Waals surface area contributed by atoms with Crippen molar-refractivity contribution in [3.63, 3.8) is 0 Å². The van der Waals surface area contributed by atoms with Gasteiger partial charge in [0.15, 0.2) is 0 Å². The lowest BCUT2D eigenvalue weighted by atomic mass is 9.98. The molecule has 0 unspecified atom stereocenters. The Bertz CT molecular complexity index is 371. The Labute approximate surface area is 125 Å². The molecule has 0 radical (unpaired) electrons. The van der Waals surface area contributed by atoms with Gasteiger partial charge < -0.3 is 10.1 Å². The van der Waals surface area contributed by atoms with Crippen molar-refractivity contribution in [2.75, 3.05) is 13.2 Å². The van der Waals surface area contributed by atoms with Crippen molar-refractivity contribution in [1.29, 1.82) is 0 Å². The molecule has 0 heterocycles. The predicted octanol–water partition coefficient (Wildman–Crippen LogP) is 4.43. The van der Waals surface area contributed by atoms with Gasteiger partial charge in [0.25, 0.3) is 0 Å². The summed E-state index contributed by atoms with van der Waals surface area (Å²) in [6.45, 7) is 2.41. The Morgan fingerprint density at radius 1 is 1.05 bits per heavy atom. The maximum absolute atomic E-state index is 5.95. The first-order valence-corrected chi connectivity index (χ1v) is 7.77. The highest BCUT2D eigenvalue weighted by Crippen LogP contribution is 2.20. The molecule has 0 aliphatic heterocycles. The molecule has 2 nitrogen and oxygen atoms in total. The van der Waals surface area contributed by atoms with E-state index in [1.54, 1.807) is 6.07 Å². The van der Waals surface area contributed by atoms with E-state index in [4.69, 9.17) is 27.9 Å². The molecule has 1 aromatic carbocycles. The van der Waals surface area contributed by atoms with Crippen LogP contribution in [0.2, 0.25) is 10.0 Å². The summed E-state index contributed by atoms with van der Waals surface area (Å²) in [5.41, 5.74) is 1.11. The highest BCUT2D eigenvalue weighted by Gasteiger charge is 2.12. The van der Waals surface area contributed by atoms with Crippen LogP contribution in [-0.2, 0) is 11.3 Å². The van der Waals surface area contributed by atoms with Gasteiger partial charge in [-0.1, -0.05) is 42.5 Å². The lowest BCUT2D eigenvalue weighted by molar-refractivity contribution is 0.0302. The van der Waals surface area contributed by atoms with Crippen LogP contribution in [0.3, 0.4) is 0 Å². The summed E-state index contributed by atoms with van der Waals surface area (Å²) in [5.74, 6) is 0. The number of hydrogen-bond acceptors (Lipinski definition) is 2. The molecule has 1 N–H and O–H groups in total. The number of hydrogen-bond donors (Lipinski definition) is 1. The SMILES string of the molecule is Clc1cc(Cl)cc(CNCCOC2CCCCC2)c1. The first-order valence-electron chi connectivity index (χ1n) is 7.01. The van der Waals surface area contributed by atoms with Crippen molar-refractivity contribution in [1.82, 2.24) is 5.32 Å².